The Labute approximate surface area is 265 Å². The van der Waals surface area contributed by atoms with Crippen LogP contribution in [0.15, 0.2) is 148 Å². The van der Waals surface area contributed by atoms with Gasteiger partial charge in [-0.15, -0.1) is 0 Å². The Bertz CT molecular complexity index is 2690. The maximum absolute atomic E-state index is 6.41. The summed E-state index contributed by atoms with van der Waals surface area (Å²) in [5, 5.41) is 6.85. The molecule has 0 unspecified atom stereocenters. The van der Waals surface area contributed by atoms with Crippen LogP contribution in [0.4, 0.5) is 17.1 Å². The number of benzene rings is 7. The lowest BCUT2D eigenvalue weighted by Crippen LogP contribution is -2.16. The minimum atomic E-state index is -0.105. The molecular weight excluding hydrogens is 562 g/mol. The Kier molecular flexibility index (Phi) is 5.06. The van der Waals surface area contributed by atoms with Crippen molar-refractivity contribution >= 4 is 71.7 Å². The second kappa shape index (κ2) is 9.12. The van der Waals surface area contributed by atoms with Gasteiger partial charge in [-0.3, -0.25) is 0 Å². The zero-order valence-electron chi connectivity index (χ0n) is 25.5. The summed E-state index contributed by atoms with van der Waals surface area (Å²) in [6.45, 7) is 4.67. The molecule has 9 aromatic rings. The summed E-state index contributed by atoms with van der Waals surface area (Å²) in [6.07, 6.45) is 0. The molecule has 0 spiro atoms. The highest BCUT2D eigenvalue weighted by atomic mass is 16.3. The highest BCUT2D eigenvalue weighted by Crippen LogP contribution is 2.54. The Balaban J connectivity index is 1.24. The molecule has 1 aliphatic carbocycles. The number of hydrogen-bond acceptors (Lipinski definition) is 3. The molecule has 0 fully saturated rings. The predicted molar refractivity (Wildman–Crippen MR) is 191 cm³/mol. The summed E-state index contributed by atoms with van der Waals surface area (Å²) in [4.78, 5) is 2.39. The first-order valence-corrected chi connectivity index (χ1v) is 15.8. The third-order valence-electron chi connectivity index (χ3n) is 10.0. The van der Waals surface area contributed by atoms with Crippen molar-refractivity contribution in [1.82, 2.24) is 0 Å². The maximum Gasteiger partial charge on any atom is 0.137 e. The third kappa shape index (κ3) is 3.48. The van der Waals surface area contributed by atoms with Gasteiger partial charge in [-0.25, -0.2) is 0 Å². The standard InChI is InChI=1S/C43H29NO2/c1-43(2)35-13-6-3-12-33(35)42-36(43)14-9-15-37(42)44(29-20-21-32-30-10-4-7-16-38(30)46-41(32)25-29)28-19-18-26-23-34-31-11-5-8-17-39(31)45-40(34)24-27(26)22-28/h3-25H,1-2H3. The Morgan fingerprint density at radius 1 is 0.457 bits per heavy atom. The van der Waals surface area contributed by atoms with E-state index in [1.54, 1.807) is 0 Å². The molecule has 218 valence electrons. The Hall–Kier alpha value is -5.80. The molecule has 2 heterocycles. The van der Waals surface area contributed by atoms with Crippen LogP contribution in [0.2, 0.25) is 0 Å². The average Bonchev–Trinajstić information content (AvgIpc) is 3.71. The first kappa shape index (κ1) is 25.5. The second-order valence-electron chi connectivity index (χ2n) is 13.0. The van der Waals surface area contributed by atoms with E-state index in [0.717, 1.165) is 66.3 Å². The summed E-state index contributed by atoms with van der Waals surface area (Å²) < 4.78 is 12.7. The van der Waals surface area contributed by atoms with E-state index < -0.39 is 0 Å². The van der Waals surface area contributed by atoms with Gasteiger partial charge in [0.05, 0.1) is 5.69 Å². The lowest BCUT2D eigenvalue weighted by Gasteiger charge is -2.29. The zero-order valence-corrected chi connectivity index (χ0v) is 25.5. The molecule has 0 aliphatic heterocycles. The fraction of sp³-hybridized carbons (Fsp3) is 0.0698. The fourth-order valence-electron chi connectivity index (χ4n) is 7.80. The van der Waals surface area contributed by atoms with Crippen LogP contribution in [-0.4, -0.2) is 0 Å². The van der Waals surface area contributed by atoms with Gasteiger partial charge >= 0.3 is 0 Å². The first-order chi connectivity index (χ1) is 22.5. The van der Waals surface area contributed by atoms with Crippen molar-refractivity contribution in [2.75, 3.05) is 4.90 Å². The molecule has 0 saturated carbocycles. The van der Waals surface area contributed by atoms with Crippen LogP contribution < -0.4 is 4.90 Å². The van der Waals surface area contributed by atoms with Crippen LogP contribution in [0.5, 0.6) is 0 Å². The van der Waals surface area contributed by atoms with Gasteiger partial charge in [0.2, 0.25) is 0 Å². The van der Waals surface area contributed by atoms with Gasteiger partial charge in [0.15, 0.2) is 0 Å². The number of para-hydroxylation sites is 2. The van der Waals surface area contributed by atoms with Crippen LogP contribution >= 0.6 is 0 Å². The van der Waals surface area contributed by atoms with E-state index in [-0.39, 0.29) is 5.41 Å². The summed E-state index contributed by atoms with van der Waals surface area (Å²) in [7, 11) is 0. The topological polar surface area (TPSA) is 29.5 Å². The normalized spacial score (nSPS) is 13.6. The Morgan fingerprint density at radius 2 is 1.09 bits per heavy atom. The predicted octanol–water partition coefficient (Wildman–Crippen LogP) is 12.4. The van der Waals surface area contributed by atoms with Crippen molar-refractivity contribution in [3.63, 3.8) is 0 Å². The van der Waals surface area contributed by atoms with Crippen molar-refractivity contribution in [3.8, 4) is 11.1 Å². The largest absolute Gasteiger partial charge is 0.456 e. The molecule has 0 N–H and O–H groups in total. The monoisotopic (exact) mass is 591 g/mol. The minimum Gasteiger partial charge on any atom is -0.456 e. The van der Waals surface area contributed by atoms with Crippen LogP contribution in [0.3, 0.4) is 0 Å². The molecule has 3 heteroatoms. The number of nitrogens with zero attached hydrogens (tertiary/aromatic N) is 1. The molecule has 2 aromatic heterocycles. The molecule has 3 nitrogen and oxygen atoms in total. The third-order valence-corrected chi connectivity index (χ3v) is 10.0. The van der Waals surface area contributed by atoms with Gasteiger partial charge in [0.25, 0.3) is 0 Å². The van der Waals surface area contributed by atoms with Crippen LogP contribution in [0.1, 0.15) is 25.0 Å². The molecule has 0 amide bonds. The number of hydrogen-bond donors (Lipinski definition) is 0. The molecule has 0 atom stereocenters. The van der Waals surface area contributed by atoms with E-state index >= 15 is 0 Å². The molecule has 10 rings (SSSR count). The van der Waals surface area contributed by atoms with Crippen molar-refractivity contribution in [1.29, 1.82) is 0 Å². The SMILES string of the molecule is CC1(C)c2ccccc2-c2c(N(c3ccc4cc5c(cc4c3)oc3ccccc35)c3ccc4c(c3)oc3ccccc34)cccc21. The minimum absolute atomic E-state index is 0.105. The zero-order chi connectivity index (χ0) is 30.6. The first-order valence-electron chi connectivity index (χ1n) is 15.8. The molecule has 1 aliphatic rings. The van der Waals surface area contributed by atoms with E-state index in [1.807, 2.05) is 24.3 Å². The summed E-state index contributed by atoms with van der Waals surface area (Å²) in [5.41, 5.74) is 12.0. The van der Waals surface area contributed by atoms with E-state index in [0.29, 0.717) is 0 Å². The molecule has 0 saturated heterocycles. The van der Waals surface area contributed by atoms with Crippen LogP contribution in [0.25, 0.3) is 65.8 Å². The van der Waals surface area contributed by atoms with Crippen molar-refractivity contribution < 1.29 is 8.83 Å². The summed E-state index contributed by atoms with van der Waals surface area (Å²) >= 11 is 0. The molecule has 7 aromatic carbocycles. The summed E-state index contributed by atoms with van der Waals surface area (Å²) in [6, 6.07) is 49.9. The highest BCUT2D eigenvalue weighted by Gasteiger charge is 2.37. The van der Waals surface area contributed by atoms with Crippen molar-refractivity contribution in [2.45, 2.75) is 19.3 Å². The summed E-state index contributed by atoms with van der Waals surface area (Å²) in [5.74, 6) is 0. The van der Waals surface area contributed by atoms with E-state index in [9.17, 15) is 0 Å². The second-order valence-corrected chi connectivity index (χ2v) is 13.0. The smallest absolute Gasteiger partial charge is 0.137 e. The lowest BCUT2D eigenvalue weighted by molar-refractivity contribution is 0.660. The number of fused-ring (bicyclic) bond motifs is 10. The molecule has 0 radical (unpaired) electrons. The number of anilines is 3. The van der Waals surface area contributed by atoms with Gasteiger partial charge in [-0.1, -0.05) is 92.7 Å². The molecular formula is C43H29NO2. The quantitative estimate of drug-likeness (QED) is 0.205. The maximum atomic E-state index is 6.41. The Morgan fingerprint density at radius 3 is 1.91 bits per heavy atom. The molecule has 46 heavy (non-hydrogen) atoms. The van der Waals surface area contributed by atoms with E-state index in [2.05, 4.69) is 134 Å². The van der Waals surface area contributed by atoms with Crippen molar-refractivity contribution in [3.05, 3.63) is 151 Å². The van der Waals surface area contributed by atoms with Gasteiger partial charge in [-0.2, -0.15) is 0 Å². The van der Waals surface area contributed by atoms with E-state index in [4.69, 9.17) is 8.83 Å². The van der Waals surface area contributed by atoms with Crippen LogP contribution in [-0.2, 0) is 5.41 Å². The van der Waals surface area contributed by atoms with Gasteiger partial charge in [-0.05, 0) is 82.1 Å². The van der Waals surface area contributed by atoms with Gasteiger partial charge in [0.1, 0.15) is 22.3 Å². The fourth-order valence-corrected chi connectivity index (χ4v) is 7.80. The number of rotatable bonds is 3. The van der Waals surface area contributed by atoms with E-state index in [1.165, 1.54) is 27.6 Å². The average molecular weight is 592 g/mol. The highest BCUT2D eigenvalue weighted by molar-refractivity contribution is 6.11. The molecule has 0 bridgehead atoms. The van der Waals surface area contributed by atoms with Gasteiger partial charge in [0, 0.05) is 50.0 Å². The van der Waals surface area contributed by atoms with Crippen LogP contribution in [0, 0.1) is 0 Å². The number of furan rings is 2. The lowest BCUT2D eigenvalue weighted by atomic mass is 9.82. The van der Waals surface area contributed by atoms with Crippen molar-refractivity contribution in [2.24, 2.45) is 0 Å². The van der Waals surface area contributed by atoms with Gasteiger partial charge < -0.3 is 13.7 Å².